The number of H-pyrrole nitrogens is 1. The molecule has 9 heteroatoms. The van der Waals surface area contributed by atoms with Gasteiger partial charge < -0.3 is 0 Å². The van der Waals surface area contributed by atoms with Gasteiger partial charge in [0.25, 0.3) is 0 Å². The number of aromatic nitrogens is 2. The SMILES string of the molecule is N#Cc1ccc(S(=O)(=O)NCCc2c(-c3cccs3)n[nH]c2-c2cccs2)cc1. The second-order valence-electron chi connectivity index (χ2n) is 6.16. The molecule has 0 aliphatic carbocycles. The van der Waals surface area contributed by atoms with Crippen LogP contribution in [0.5, 0.6) is 0 Å². The van der Waals surface area contributed by atoms with Gasteiger partial charge in [-0.05, 0) is 53.6 Å². The largest absolute Gasteiger partial charge is 0.276 e. The Morgan fingerprint density at radius 2 is 1.72 bits per heavy atom. The first-order chi connectivity index (χ1) is 14.1. The van der Waals surface area contributed by atoms with Gasteiger partial charge >= 0.3 is 0 Å². The van der Waals surface area contributed by atoms with Gasteiger partial charge in [0.1, 0.15) is 5.69 Å². The number of hydrogen-bond acceptors (Lipinski definition) is 6. The van der Waals surface area contributed by atoms with Crippen molar-refractivity contribution in [1.29, 1.82) is 5.26 Å². The van der Waals surface area contributed by atoms with E-state index in [1.165, 1.54) is 24.3 Å². The fourth-order valence-electron chi connectivity index (χ4n) is 2.95. The summed E-state index contributed by atoms with van der Waals surface area (Å²) < 4.78 is 27.8. The summed E-state index contributed by atoms with van der Waals surface area (Å²) in [5.41, 5.74) is 3.17. The molecule has 0 saturated heterocycles. The van der Waals surface area contributed by atoms with E-state index in [1.54, 1.807) is 22.7 Å². The molecule has 29 heavy (non-hydrogen) atoms. The Kier molecular flexibility index (Phi) is 5.60. The van der Waals surface area contributed by atoms with E-state index in [9.17, 15) is 8.42 Å². The van der Waals surface area contributed by atoms with Gasteiger partial charge in [0, 0.05) is 12.1 Å². The lowest BCUT2D eigenvalue weighted by molar-refractivity contribution is 0.581. The van der Waals surface area contributed by atoms with Crippen LogP contribution in [0.1, 0.15) is 11.1 Å². The predicted octanol–water partition coefficient (Wildman–Crippen LogP) is 4.26. The van der Waals surface area contributed by atoms with Gasteiger partial charge in [-0.2, -0.15) is 10.4 Å². The molecule has 0 bridgehead atoms. The molecule has 0 unspecified atom stereocenters. The topological polar surface area (TPSA) is 98.6 Å². The van der Waals surface area contributed by atoms with Crippen molar-refractivity contribution < 1.29 is 8.42 Å². The van der Waals surface area contributed by atoms with Gasteiger partial charge in [-0.25, -0.2) is 13.1 Å². The summed E-state index contributed by atoms with van der Waals surface area (Å²) in [4.78, 5) is 2.24. The summed E-state index contributed by atoms with van der Waals surface area (Å²) in [7, 11) is -3.66. The molecule has 4 rings (SSSR count). The lowest BCUT2D eigenvalue weighted by Gasteiger charge is -2.08. The third kappa shape index (κ3) is 4.16. The standard InChI is InChI=1S/C20H16N4O2S3/c21-13-14-5-7-15(8-6-14)29(25,26)22-10-9-16-19(17-3-1-11-27-17)23-24-20(16)18-4-2-12-28-18/h1-8,11-12,22H,9-10H2,(H,23,24). The van der Waals surface area contributed by atoms with Crippen LogP contribution in [0.3, 0.4) is 0 Å². The molecule has 146 valence electrons. The number of nitrogens with zero attached hydrogens (tertiary/aromatic N) is 2. The van der Waals surface area contributed by atoms with E-state index in [1.807, 2.05) is 41.1 Å². The van der Waals surface area contributed by atoms with E-state index >= 15 is 0 Å². The number of rotatable bonds is 7. The maximum atomic E-state index is 12.6. The molecule has 0 aliphatic rings. The predicted molar refractivity (Wildman–Crippen MR) is 115 cm³/mol. The second-order valence-corrected chi connectivity index (χ2v) is 9.83. The zero-order chi connectivity index (χ0) is 20.3. The number of sulfonamides is 1. The van der Waals surface area contributed by atoms with Crippen LogP contribution in [-0.2, 0) is 16.4 Å². The van der Waals surface area contributed by atoms with Crippen LogP contribution >= 0.6 is 22.7 Å². The highest BCUT2D eigenvalue weighted by molar-refractivity contribution is 7.89. The summed E-state index contributed by atoms with van der Waals surface area (Å²) in [6.07, 6.45) is 0.493. The van der Waals surface area contributed by atoms with Gasteiger partial charge in [0.15, 0.2) is 0 Å². The van der Waals surface area contributed by atoms with Crippen molar-refractivity contribution in [2.45, 2.75) is 11.3 Å². The van der Waals surface area contributed by atoms with E-state index in [4.69, 9.17) is 5.26 Å². The monoisotopic (exact) mass is 440 g/mol. The zero-order valence-corrected chi connectivity index (χ0v) is 17.6. The molecule has 2 N–H and O–H groups in total. The fourth-order valence-corrected chi connectivity index (χ4v) is 5.47. The quantitative estimate of drug-likeness (QED) is 0.449. The molecule has 0 aliphatic heterocycles. The first-order valence-electron chi connectivity index (χ1n) is 8.73. The Balaban J connectivity index is 1.56. The van der Waals surface area contributed by atoms with Crippen LogP contribution < -0.4 is 4.72 Å². The summed E-state index contributed by atoms with van der Waals surface area (Å²) in [5, 5.41) is 20.5. The number of benzene rings is 1. The average molecular weight is 441 g/mol. The summed E-state index contributed by atoms with van der Waals surface area (Å²) >= 11 is 3.20. The Bertz CT molecular complexity index is 1180. The highest BCUT2D eigenvalue weighted by atomic mass is 32.2. The minimum atomic E-state index is -3.66. The van der Waals surface area contributed by atoms with Crippen molar-refractivity contribution >= 4 is 32.7 Å². The molecule has 0 fully saturated rings. The molecule has 0 atom stereocenters. The van der Waals surface area contributed by atoms with Crippen LogP contribution in [0.4, 0.5) is 0 Å². The number of nitrogens with one attached hydrogen (secondary N) is 2. The first-order valence-corrected chi connectivity index (χ1v) is 12.0. The molecule has 3 heterocycles. The highest BCUT2D eigenvalue weighted by Gasteiger charge is 2.19. The number of hydrogen-bond donors (Lipinski definition) is 2. The van der Waals surface area contributed by atoms with Crippen LogP contribution in [0.25, 0.3) is 21.1 Å². The minimum absolute atomic E-state index is 0.139. The van der Waals surface area contributed by atoms with Crippen molar-refractivity contribution in [2.24, 2.45) is 0 Å². The van der Waals surface area contributed by atoms with E-state index in [0.717, 1.165) is 26.7 Å². The Morgan fingerprint density at radius 1 is 1.03 bits per heavy atom. The summed E-state index contributed by atoms with van der Waals surface area (Å²) in [5.74, 6) is 0. The molecule has 4 aromatic rings. The Hall–Kier alpha value is -2.77. The number of aromatic amines is 1. The molecule has 0 radical (unpaired) electrons. The molecule has 0 saturated carbocycles. The van der Waals surface area contributed by atoms with E-state index < -0.39 is 10.0 Å². The van der Waals surface area contributed by atoms with Crippen molar-refractivity contribution in [1.82, 2.24) is 14.9 Å². The van der Waals surface area contributed by atoms with Gasteiger partial charge in [-0.15, -0.1) is 22.7 Å². The lowest BCUT2D eigenvalue weighted by atomic mass is 10.1. The smallest absolute Gasteiger partial charge is 0.240 e. The molecule has 0 spiro atoms. The number of thiophene rings is 2. The van der Waals surface area contributed by atoms with Crippen molar-refractivity contribution in [3.05, 3.63) is 70.4 Å². The average Bonchev–Trinajstić information content (AvgIpc) is 3.48. The van der Waals surface area contributed by atoms with E-state index in [-0.39, 0.29) is 11.4 Å². The second kappa shape index (κ2) is 8.31. The van der Waals surface area contributed by atoms with Crippen LogP contribution in [0.15, 0.2) is 64.2 Å². The fraction of sp³-hybridized carbons (Fsp3) is 0.100. The van der Waals surface area contributed by atoms with Crippen LogP contribution in [0.2, 0.25) is 0 Å². The molecule has 0 amide bonds. The van der Waals surface area contributed by atoms with E-state index in [2.05, 4.69) is 14.9 Å². The van der Waals surface area contributed by atoms with Crippen LogP contribution in [-0.4, -0.2) is 25.2 Å². The molecule has 1 aromatic carbocycles. The number of nitriles is 1. The first kappa shape index (κ1) is 19.5. The highest BCUT2D eigenvalue weighted by Crippen LogP contribution is 2.34. The summed E-state index contributed by atoms with van der Waals surface area (Å²) in [6, 6.07) is 15.8. The zero-order valence-electron chi connectivity index (χ0n) is 15.1. The van der Waals surface area contributed by atoms with Crippen molar-refractivity contribution in [3.63, 3.8) is 0 Å². The Morgan fingerprint density at radius 3 is 2.34 bits per heavy atom. The third-order valence-corrected chi connectivity index (χ3v) is 7.59. The van der Waals surface area contributed by atoms with E-state index in [0.29, 0.717) is 12.0 Å². The van der Waals surface area contributed by atoms with Gasteiger partial charge in [-0.3, -0.25) is 5.10 Å². The van der Waals surface area contributed by atoms with Crippen molar-refractivity contribution in [3.8, 4) is 27.2 Å². The van der Waals surface area contributed by atoms with Gasteiger partial charge in [0.2, 0.25) is 10.0 Å². The van der Waals surface area contributed by atoms with Gasteiger partial charge in [-0.1, -0.05) is 12.1 Å². The summed E-state index contributed by atoms with van der Waals surface area (Å²) in [6.45, 7) is 0.235. The third-order valence-electron chi connectivity index (χ3n) is 4.35. The lowest BCUT2D eigenvalue weighted by Crippen LogP contribution is -2.26. The molecule has 3 aromatic heterocycles. The Labute approximate surface area is 176 Å². The molecule has 6 nitrogen and oxygen atoms in total. The minimum Gasteiger partial charge on any atom is -0.276 e. The van der Waals surface area contributed by atoms with Crippen molar-refractivity contribution in [2.75, 3.05) is 6.54 Å². The van der Waals surface area contributed by atoms with Crippen LogP contribution in [0, 0.1) is 11.3 Å². The maximum Gasteiger partial charge on any atom is 0.240 e. The van der Waals surface area contributed by atoms with Gasteiger partial charge in [0.05, 0.1) is 32.0 Å². The molecular formula is C20H16N4O2S3. The maximum absolute atomic E-state index is 12.6. The normalized spacial score (nSPS) is 11.4. The molecular weight excluding hydrogens is 424 g/mol.